The fraction of sp³-hybridized carbons (Fsp3) is 0.286. The summed E-state index contributed by atoms with van der Waals surface area (Å²) in [6, 6.07) is 7.26. The molecule has 0 bridgehead atoms. The number of carbonyl (C=O) groups excluding carboxylic acids is 3. The quantitative estimate of drug-likeness (QED) is 0.635. The van der Waals surface area contributed by atoms with Gasteiger partial charge in [-0.3, -0.25) is 14.4 Å². The minimum Gasteiger partial charge on any atom is -0.480 e. The maximum absolute atomic E-state index is 11.8. The lowest BCUT2D eigenvalue weighted by atomic mass is 10.2. The van der Waals surface area contributed by atoms with Crippen LogP contribution in [0.1, 0.15) is 23.2 Å². The summed E-state index contributed by atoms with van der Waals surface area (Å²) in [6.07, 6.45) is -0.511. The molecular formula is C14H16N2O5S. The van der Waals surface area contributed by atoms with E-state index in [9.17, 15) is 19.2 Å². The lowest BCUT2D eigenvalue weighted by Crippen LogP contribution is -2.43. The van der Waals surface area contributed by atoms with Crippen LogP contribution in [-0.4, -0.2) is 39.8 Å². The Kier molecular flexibility index (Phi) is 7.11. The molecule has 0 radical (unpaired) electrons. The van der Waals surface area contributed by atoms with Crippen LogP contribution >= 0.6 is 11.8 Å². The second kappa shape index (κ2) is 8.83. The Bertz CT molecular complexity index is 562. The van der Waals surface area contributed by atoms with E-state index < -0.39 is 30.2 Å². The van der Waals surface area contributed by atoms with Crippen LogP contribution in [0.4, 0.5) is 0 Å². The van der Waals surface area contributed by atoms with Crippen LogP contribution in [0.3, 0.4) is 0 Å². The molecule has 0 aliphatic heterocycles. The van der Waals surface area contributed by atoms with Gasteiger partial charge >= 0.3 is 5.97 Å². The van der Waals surface area contributed by atoms with Crippen molar-refractivity contribution in [2.45, 2.75) is 18.9 Å². The highest BCUT2D eigenvalue weighted by molar-refractivity contribution is 8.14. The first kappa shape index (κ1) is 17.7. The van der Waals surface area contributed by atoms with E-state index in [-0.39, 0.29) is 17.3 Å². The molecule has 7 nitrogen and oxygen atoms in total. The van der Waals surface area contributed by atoms with E-state index in [1.807, 2.05) is 0 Å². The van der Waals surface area contributed by atoms with E-state index in [1.54, 1.807) is 30.3 Å². The predicted octanol–water partition coefficient (Wildman–Crippen LogP) is 0.395. The van der Waals surface area contributed by atoms with Gasteiger partial charge in [-0.2, -0.15) is 0 Å². The van der Waals surface area contributed by atoms with Gasteiger partial charge < -0.3 is 16.2 Å². The van der Waals surface area contributed by atoms with Crippen molar-refractivity contribution in [3.63, 3.8) is 0 Å². The molecule has 4 N–H and O–H groups in total. The van der Waals surface area contributed by atoms with Crippen molar-refractivity contribution >= 4 is 34.7 Å². The number of carbonyl (C=O) groups is 4. The molecule has 8 heteroatoms. The van der Waals surface area contributed by atoms with E-state index >= 15 is 0 Å². The number of thioether (sulfide) groups is 1. The van der Waals surface area contributed by atoms with Crippen LogP contribution in [0.15, 0.2) is 30.3 Å². The molecule has 1 aromatic carbocycles. The summed E-state index contributed by atoms with van der Waals surface area (Å²) >= 11 is 0.968. The molecule has 1 aromatic rings. The first-order valence-corrected chi connectivity index (χ1v) is 7.41. The fourth-order valence-corrected chi connectivity index (χ4v) is 2.34. The van der Waals surface area contributed by atoms with E-state index in [0.29, 0.717) is 5.56 Å². The van der Waals surface area contributed by atoms with Gasteiger partial charge in [0, 0.05) is 17.7 Å². The molecule has 22 heavy (non-hydrogen) atoms. The molecule has 0 saturated heterocycles. The average molecular weight is 324 g/mol. The molecule has 0 spiro atoms. The summed E-state index contributed by atoms with van der Waals surface area (Å²) in [5.41, 5.74) is 5.44. The number of benzene rings is 1. The van der Waals surface area contributed by atoms with Crippen molar-refractivity contribution in [1.82, 2.24) is 5.32 Å². The van der Waals surface area contributed by atoms with Crippen LogP contribution in [0, 0.1) is 0 Å². The largest absolute Gasteiger partial charge is 0.480 e. The molecule has 118 valence electrons. The number of nitrogens with two attached hydrogens (primary N) is 1. The highest BCUT2D eigenvalue weighted by atomic mass is 32.2. The van der Waals surface area contributed by atoms with E-state index in [2.05, 4.69) is 5.32 Å². The van der Waals surface area contributed by atoms with Crippen LogP contribution in [0.2, 0.25) is 0 Å². The molecule has 0 unspecified atom stereocenters. The third-order valence-electron chi connectivity index (χ3n) is 2.61. The van der Waals surface area contributed by atoms with Crippen molar-refractivity contribution in [2.24, 2.45) is 5.73 Å². The van der Waals surface area contributed by atoms with Crippen molar-refractivity contribution < 1.29 is 24.3 Å². The molecule has 0 saturated carbocycles. The van der Waals surface area contributed by atoms with Crippen molar-refractivity contribution in [3.8, 4) is 0 Å². The van der Waals surface area contributed by atoms with Crippen LogP contribution in [-0.2, 0) is 14.4 Å². The van der Waals surface area contributed by atoms with Crippen molar-refractivity contribution in [2.75, 3.05) is 5.75 Å². The Balaban J connectivity index is 2.38. The third-order valence-corrected chi connectivity index (χ3v) is 3.52. The third kappa shape index (κ3) is 6.40. The van der Waals surface area contributed by atoms with Gasteiger partial charge in [-0.1, -0.05) is 42.1 Å². The Labute approximate surface area is 131 Å². The first-order valence-electron chi connectivity index (χ1n) is 6.42. The van der Waals surface area contributed by atoms with E-state index in [1.165, 1.54) is 0 Å². The zero-order valence-corrected chi connectivity index (χ0v) is 12.5. The Morgan fingerprint density at radius 2 is 1.82 bits per heavy atom. The molecule has 0 heterocycles. The molecule has 2 amide bonds. The zero-order valence-electron chi connectivity index (χ0n) is 11.7. The smallest absolute Gasteiger partial charge is 0.326 e. The van der Waals surface area contributed by atoms with Gasteiger partial charge in [0.2, 0.25) is 16.9 Å². The molecule has 0 fully saturated rings. The minimum absolute atomic E-state index is 0.0359. The SMILES string of the molecule is NC(=O)C[C@H](NC(=O)CCSC(=O)c1ccccc1)C(=O)O. The molecule has 0 aliphatic carbocycles. The van der Waals surface area contributed by atoms with Gasteiger partial charge in [-0.25, -0.2) is 4.79 Å². The van der Waals surface area contributed by atoms with Crippen molar-refractivity contribution in [3.05, 3.63) is 35.9 Å². The number of amides is 2. The second-order valence-electron chi connectivity index (χ2n) is 4.38. The van der Waals surface area contributed by atoms with Gasteiger partial charge in [0.05, 0.1) is 6.42 Å². The minimum atomic E-state index is -1.35. The van der Waals surface area contributed by atoms with Crippen LogP contribution in [0.5, 0.6) is 0 Å². The lowest BCUT2D eigenvalue weighted by Gasteiger charge is -2.12. The van der Waals surface area contributed by atoms with Gasteiger partial charge in [-0.15, -0.1) is 0 Å². The molecule has 0 aromatic heterocycles. The Morgan fingerprint density at radius 3 is 2.36 bits per heavy atom. The van der Waals surface area contributed by atoms with Gasteiger partial charge in [0.25, 0.3) is 0 Å². The Morgan fingerprint density at radius 1 is 1.18 bits per heavy atom. The molecule has 0 aliphatic rings. The normalized spacial score (nSPS) is 11.5. The summed E-state index contributed by atoms with van der Waals surface area (Å²) in [5, 5.41) is 10.9. The first-order chi connectivity index (χ1) is 10.4. The van der Waals surface area contributed by atoms with Gasteiger partial charge in [-0.05, 0) is 0 Å². The number of nitrogens with one attached hydrogen (secondary N) is 1. The number of aliphatic carboxylic acids is 1. The maximum atomic E-state index is 11.8. The maximum Gasteiger partial charge on any atom is 0.326 e. The number of primary amides is 1. The summed E-state index contributed by atoms with van der Waals surface area (Å²) in [5.74, 6) is -2.49. The Hall–Kier alpha value is -2.35. The fourth-order valence-electron chi connectivity index (χ4n) is 1.56. The second-order valence-corrected chi connectivity index (χ2v) is 5.45. The highest BCUT2D eigenvalue weighted by Gasteiger charge is 2.22. The molecule has 1 rings (SSSR count). The number of carboxylic acids is 1. The zero-order chi connectivity index (χ0) is 16.5. The van der Waals surface area contributed by atoms with E-state index in [4.69, 9.17) is 10.8 Å². The number of hydrogen-bond acceptors (Lipinski definition) is 5. The van der Waals surface area contributed by atoms with Crippen molar-refractivity contribution in [1.29, 1.82) is 0 Å². The van der Waals surface area contributed by atoms with Crippen LogP contribution < -0.4 is 11.1 Å². The van der Waals surface area contributed by atoms with Crippen LogP contribution in [0.25, 0.3) is 0 Å². The summed E-state index contributed by atoms with van der Waals surface area (Å²) in [6.45, 7) is 0. The topological polar surface area (TPSA) is 127 Å². The molecular weight excluding hydrogens is 308 g/mol. The van der Waals surface area contributed by atoms with E-state index in [0.717, 1.165) is 11.8 Å². The van der Waals surface area contributed by atoms with Gasteiger partial charge in [0.15, 0.2) is 0 Å². The predicted molar refractivity (Wildman–Crippen MR) is 81.2 cm³/mol. The molecule has 1 atom stereocenters. The number of rotatable bonds is 8. The number of hydrogen-bond donors (Lipinski definition) is 3. The average Bonchev–Trinajstić information content (AvgIpc) is 2.46. The summed E-state index contributed by atoms with van der Waals surface area (Å²) in [4.78, 5) is 45.0. The monoisotopic (exact) mass is 324 g/mol. The summed E-state index contributed by atoms with van der Waals surface area (Å²) in [7, 11) is 0. The standard InChI is InChI=1S/C14H16N2O5S/c15-11(17)8-10(13(19)20)16-12(18)6-7-22-14(21)9-4-2-1-3-5-9/h1-5,10H,6-8H2,(H2,15,17)(H,16,18)(H,19,20)/t10-/m0/s1. The number of carboxylic acid groups (broad SMARTS) is 1. The lowest BCUT2D eigenvalue weighted by molar-refractivity contribution is -0.143. The summed E-state index contributed by atoms with van der Waals surface area (Å²) < 4.78 is 0. The highest BCUT2D eigenvalue weighted by Crippen LogP contribution is 2.13. The van der Waals surface area contributed by atoms with Gasteiger partial charge in [0.1, 0.15) is 6.04 Å².